The van der Waals surface area contributed by atoms with Crippen molar-refractivity contribution in [3.05, 3.63) is 69.3 Å². The van der Waals surface area contributed by atoms with E-state index < -0.39 is 6.67 Å². The Morgan fingerprint density at radius 1 is 1.12 bits per heavy atom. The van der Waals surface area contributed by atoms with Gasteiger partial charge >= 0.3 is 0 Å². The molecular weight excluding hydrogens is 474 g/mol. The first-order valence-corrected chi connectivity index (χ1v) is 12.0. The van der Waals surface area contributed by atoms with Crippen molar-refractivity contribution in [3.8, 4) is 28.8 Å². The first kappa shape index (κ1) is 24.3. The van der Waals surface area contributed by atoms with Crippen molar-refractivity contribution in [2.45, 2.75) is 32.6 Å². The first-order chi connectivity index (χ1) is 16.5. The SMILES string of the molecule is Cc1c(C(=O)NN2CCCCC2)nn(-c2ccc(Cl)cc2Cl)c1-c1ccc(C#CCCF)cc1. The molecule has 0 bridgehead atoms. The Morgan fingerprint density at radius 2 is 1.85 bits per heavy atom. The second-order valence-corrected chi connectivity index (χ2v) is 8.98. The number of nitrogens with zero attached hydrogens (tertiary/aromatic N) is 3. The Labute approximate surface area is 208 Å². The fourth-order valence-electron chi connectivity index (χ4n) is 4.00. The second-order valence-electron chi connectivity index (χ2n) is 8.14. The Kier molecular flexibility index (Phi) is 7.89. The Bertz CT molecular complexity index is 1240. The topological polar surface area (TPSA) is 50.2 Å². The molecule has 1 aromatic heterocycles. The highest BCUT2D eigenvalue weighted by Gasteiger charge is 2.24. The number of carbonyl (C=O) groups excluding carboxylic acids is 1. The molecule has 1 amide bonds. The number of benzene rings is 2. The van der Waals surface area contributed by atoms with Crippen molar-refractivity contribution in [1.29, 1.82) is 0 Å². The van der Waals surface area contributed by atoms with Gasteiger partial charge in [0.1, 0.15) is 6.67 Å². The van der Waals surface area contributed by atoms with Crippen LogP contribution in [0.2, 0.25) is 10.0 Å². The smallest absolute Gasteiger partial charge is 0.283 e. The molecule has 3 aromatic rings. The molecule has 34 heavy (non-hydrogen) atoms. The number of piperidine rings is 1. The van der Waals surface area contributed by atoms with Crippen LogP contribution in [-0.2, 0) is 0 Å². The maximum Gasteiger partial charge on any atom is 0.286 e. The lowest BCUT2D eigenvalue weighted by atomic mass is 10.0. The lowest BCUT2D eigenvalue weighted by molar-refractivity contribution is 0.0743. The van der Waals surface area contributed by atoms with Gasteiger partial charge < -0.3 is 0 Å². The largest absolute Gasteiger partial charge is 0.286 e. The zero-order valence-electron chi connectivity index (χ0n) is 18.9. The summed E-state index contributed by atoms with van der Waals surface area (Å²) in [7, 11) is 0. The Balaban J connectivity index is 1.76. The molecule has 1 N–H and O–H groups in total. The van der Waals surface area contributed by atoms with Crippen LogP contribution in [0.5, 0.6) is 0 Å². The number of nitrogens with one attached hydrogen (secondary N) is 1. The van der Waals surface area contributed by atoms with E-state index >= 15 is 0 Å². The van der Waals surface area contributed by atoms with Crippen LogP contribution in [0.1, 0.15) is 47.3 Å². The molecule has 0 saturated carbocycles. The third-order valence-electron chi connectivity index (χ3n) is 5.70. The summed E-state index contributed by atoms with van der Waals surface area (Å²) in [6.45, 7) is 3.06. The van der Waals surface area contributed by atoms with Gasteiger partial charge in [0.25, 0.3) is 5.91 Å². The highest BCUT2D eigenvalue weighted by Crippen LogP contribution is 2.33. The number of hydrazine groups is 1. The number of aromatic nitrogens is 2. The van der Waals surface area contributed by atoms with E-state index in [0.29, 0.717) is 21.4 Å². The first-order valence-electron chi connectivity index (χ1n) is 11.2. The molecule has 1 fully saturated rings. The Hall–Kier alpha value is -2.85. The summed E-state index contributed by atoms with van der Waals surface area (Å²) < 4.78 is 14.0. The molecule has 176 valence electrons. The van der Waals surface area contributed by atoms with Gasteiger partial charge in [-0.15, -0.1) is 0 Å². The average Bonchev–Trinajstić information content (AvgIpc) is 3.17. The molecule has 2 heterocycles. The molecule has 1 aliphatic heterocycles. The molecule has 8 heteroatoms. The van der Waals surface area contributed by atoms with E-state index in [2.05, 4.69) is 22.4 Å². The van der Waals surface area contributed by atoms with Crippen molar-refractivity contribution in [3.63, 3.8) is 0 Å². The predicted molar refractivity (Wildman–Crippen MR) is 134 cm³/mol. The zero-order chi connectivity index (χ0) is 24.1. The van der Waals surface area contributed by atoms with Gasteiger partial charge in [0.05, 0.1) is 16.4 Å². The maximum absolute atomic E-state index is 13.2. The van der Waals surface area contributed by atoms with Crippen molar-refractivity contribution in [1.82, 2.24) is 20.2 Å². The van der Waals surface area contributed by atoms with E-state index in [1.165, 1.54) is 6.42 Å². The minimum Gasteiger partial charge on any atom is -0.283 e. The predicted octanol–water partition coefficient (Wildman–Crippen LogP) is 6.00. The fraction of sp³-hybridized carbons (Fsp3) is 0.308. The van der Waals surface area contributed by atoms with Crippen LogP contribution in [0, 0.1) is 18.8 Å². The summed E-state index contributed by atoms with van der Waals surface area (Å²) in [6.07, 6.45) is 3.49. The maximum atomic E-state index is 13.2. The molecule has 4 rings (SSSR count). The van der Waals surface area contributed by atoms with Gasteiger partial charge in [0.15, 0.2) is 5.69 Å². The third kappa shape index (κ3) is 5.44. The fourth-order valence-corrected chi connectivity index (χ4v) is 4.49. The summed E-state index contributed by atoms with van der Waals surface area (Å²) in [6, 6.07) is 12.7. The van der Waals surface area contributed by atoms with E-state index in [0.717, 1.165) is 48.3 Å². The summed E-state index contributed by atoms with van der Waals surface area (Å²) in [5.41, 5.74) is 7.06. The van der Waals surface area contributed by atoms with Gasteiger partial charge in [-0.1, -0.05) is 53.6 Å². The minimum atomic E-state index is -0.465. The number of amides is 1. The second kappa shape index (κ2) is 11.1. The third-order valence-corrected chi connectivity index (χ3v) is 6.24. The molecule has 0 unspecified atom stereocenters. The van der Waals surface area contributed by atoms with Gasteiger partial charge in [-0.05, 0) is 50.1 Å². The van der Waals surface area contributed by atoms with Crippen molar-refractivity contribution in [2.24, 2.45) is 0 Å². The zero-order valence-corrected chi connectivity index (χ0v) is 20.4. The molecule has 1 aliphatic rings. The monoisotopic (exact) mass is 498 g/mol. The van der Waals surface area contributed by atoms with Crippen LogP contribution in [0.3, 0.4) is 0 Å². The van der Waals surface area contributed by atoms with Crippen LogP contribution >= 0.6 is 23.2 Å². The van der Waals surface area contributed by atoms with E-state index in [1.807, 2.05) is 36.2 Å². The van der Waals surface area contributed by atoms with Gasteiger partial charge in [-0.3, -0.25) is 14.6 Å². The van der Waals surface area contributed by atoms with Crippen LogP contribution in [0.15, 0.2) is 42.5 Å². The lowest BCUT2D eigenvalue weighted by Crippen LogP contribution is -2.45. The van der Waals surface area contributed by atoms with E-state index in [9.17, 15) is 9.18 Å². The number of halogens is 3. The van der Waals surface area contributed by atoms with Crippen LogP contribution in [0.25, 0.3) is 16.9 Å². The number of hydrogen-bond donors (Lipinski definition) is 1. The molecule has 5 nitrogen and oxygen atoms in total. The van der Waals surface area contributed by atoms with Crippen molar-refractivity contribution >= 4 is 29.1 Å². The van der Waals surface area contributed by atoms with Crippen LogP contribution in [-0.4, -0.2) is 40.5 Å². The van der Waals surface area contributed by atoms with Gasteiger partial charge in [0.2, 0.25) is 0 Å². The van der Waals surface area contributed by atoms with Gasteiger partial charge in [-0.2, -0.15) is 5.10 Å². The molecule has 1 saturated heterocycles. The minimum absolute atomic E-state index is 0.207. The number of hydrogen-bond acceptors (Lipinski definition) is 3. The molecule has 0 atom stereocenters. The molecule has 2 aromatic carbocycles. The van der Waals surface area contributed by atoms with Crippen molar-refractivity contribution in [2.75, 3.05) is 19.8 Å². The van der Waals surface area contributed by atoms with E-state index in [1.54, 1.807) is 22.9 Å². The van der Waals surface area contributed by atoms with Gasteiger partial charge in [0, 0.05) is 41.2 Å². The van der Waals surface area contributed by atoms with E-state index in [4.69, 9.17) is 23.2 Å². The lowest BCUT2D eigenvalue weighted by Gasteiger charge is -2.26. The summed E-state index contributed by atoms with van der Waals surface area (Å²) >= 11 is 12.6. The Morgan fingerprint density at radius 3 is 2.53 bits per heavy atom. The summed E-state index contributed by atoms with van der Waals surface area (Å²) in [5.74, 6) is 5.50. The molecule has 0 radical (unpaired) electrons. The summed E-state index contributed by atoms with van der Waals surface area (Å²) in [4.78, 5) is 13.2. The number of carbonyl (C=O) groups is 1. The molecule has 0 aliphatic carbocycles. The normalized spacial score (nSPS) is 13.9. The number of rotatable bonds is 5. The highest BCUT2D eigenvalue weighted by atomic mass is 35.5. The quantitative estimate of drug-likeness (QED) is 0.439. The average molecular weight is 499 g/mol. The standard InChI is InChI=1S/C26H25Cl2FN4O/c1-18-24(26(34)31-32-15-5-2-6-16-32)30-33(23-13-12-21(27)17-22(23)28)25(18)20-10-8-19(9-11-20)7-3-4-14-29/h8-13,17H,2,4-6,14-16H2,1H3,(H,31,34). The van der Waals surface area contributed by atoms with Crippen LogP contribution in [0.4, 0.5) is 4.39 Å². The highest BCUT2D eigenvalue weighted by molar-refractivity contribution is 6.35. The van der Waals surface area contributed by atoms with Crippen molar-refractivity contribution < 1.29 is 9.18 Å². The molecular formula is C26H25Cl2FN4O. The summed E-state index contributed by atoms with van der Waals surface area (Å²) in [5, 5.41) is 7.56. The number of alkyl halides is 1. The van der Waals surface area contributed by atoms with E-state index in [-0.39, 0.29) is 12.3 Å². The van der Waals surface area contributed by atoms with Crippen LogP contribution < -0.4 is 5.43 Å². The molecule has 0 spiro atoms. The van der Waals surface area contributed by atoms with Gasteiger partial charge in [-0.25, -0.2) is 9.69 Å².